The Hall–Kier alpha value is -3.81. The molecule has 8 heteroatoms. The number of nitrogens with one attached hydrogen (secondary N) is 3. The number of rotatable bonds is 5. The van der Waals surface area contributed by atoms with E-state index in [2.05, 4.69) is 20.9 Å². The van der Waals surface area contributed by atoms with Crippen LogP contribution in [0.4, 0.5) is 31.7 Å². The highest BCUT2D eigenvalue weighted by molar-refractivity contribution is 6.04. The molecule has 3 rings (SSSR count). The molecule has 28 heavy (non-hydrogen) atoms. The quantitative estimate of drug-likeness (QED) is 0.614. The van der Waals surface area contributed by atoms with Gasteiger partial charge >= 0.3 is 0 Å². The first kappa shape index (κ1) is 19.0. The SMILES string of the molecule is CC(=O)Nc1ccc(Nc2cc(C(=O)Nc3c(F)cccc3F)ccn2)cc1. The summed E-state index contributed by atoms with van der Waals surface area (Å²) in [5.41, 5.74) is 0.993. The number of para-hydroxylation sites is 1. The Morgan fingerprint density at radius 3 is 2.18 bits per heavy atom. The molecular formula is C20H16F2N4O2. The Morgan fingerprint density at radius 1 is 0.893 bits per heavy atom. The summed E-state index contributed by atoms with van der Waals surface area (Å²) in [5, 5.41) is 7.90. The number of hydrogen-bond acceptors (Lipinski definition) is 4. The Labute approximate surface area is 159 Å². The molecule has 0 fully saturated rings. The van der Waals surface area contributed by atoms with Gasteiger partial charge in [0.05, 0.1) is 0 Å². The van der Waals surface area contributed by atoms with E-state index in [1.54, 1.807) is 24.3 Å². The van der Waals surface area contributed by atoms with Gasteiger partial charge in [-0.3, -0.25) is 9.59 Å². The molecule has 0 aliphatic rings. The molecule has 0 aliphatic carbocycles. The Bertz CT molecular complexity index is 1000. The minimum Gasteiger partial charge on any atom is -0.340 e. The average Bonchev–Trinajstić information content (AvgIpc) is 2.66. The number of aromatic nitrogens is 1. The van der Waals surface area contributed by atoms with Crippen LogP contribution in [-0.4, -0.2) is 16.8 Å². The Morgan fingerprint density at radius 2 is 1.54 bits per heavy atom. The van der Waals surface area contributed by atoms with E-state index in [0.717, 1.165) is 12.1 Å². The standard InChI is InChI=1S/C20H16F2N4O2/c1-12(27)24-14-5-7-15(8-6-14)25-18-11-13(9-10-23-18)20(28)26-19-16(21)3-2-4-17(19)22/h2-11H,1H3,(H,23,25)(H,24,27)(H,26,28). The average molecular weight is 382 g/mol. The first-order valence-corrected chi connectivity index (χ1v) is 8.28. The van der Waals surface area contributed by atoms with Crippen LogP contribution in [0.25, 0.3) is 0 Å². The molecule has 1 heterocycles. The molecule has 0 saturated heterocycles. The lowest BCUT2D eigenvalue weighted by molar-refractivity contribution is -0.114. The zero-order valence-electron chi connectivity index (χ0n) is 14.8. The van der Waals surface area contributed by atoms with Gasteiger partial charge in [-0.25, -0.2) is 13.8 Å². The minimum atomic E-state index is -0.861. The topological polar surface area (TPSA) is 83.1 Å². The van der Waals surface area contributed by atoms with E-state index < -0.39 is 23.2 Å². The van der Waals surface area contributed by atoms with Gasteiger partial charge in [0, 0.05) is 30.1 Å². The molecule has 0 aliphatic heterocycles. The number of hydrogen-bond donors (Lipinski definition) is 3. The maximum atomic E-state index is 13.7. The molecule has 3 N–H and O–H groups in total. The fourth-order valence-corrected chi connectivity index (χ4v) is 2.43. The second-order valence-electron chi connectivity index (χ2n) is 5.86. The Kier molecular flexibility index (Phi) is 5.59. The lowest BCUT2D eigenvalue weighted by Crippen LogP contribution is -2.14. The number of carbonyl (C=O) groups excluding carboxylic acids is 2. The number of amides is 2. The van der Waals surface area contributed by atoms with Gasteiger partial charge in [0.1, 0.15) is 23.1 Å². The van der Waals surface area contributed by atoms with Crippen LogP contribution < -0.4 is 16.0 Å². The van der Waals surface area contributed by atoms with Crippen LogP contribution in [-0.2, 0) is 4.79 Å². The number of nitrogens with zero attached hydrogens (tertiary/aromatic N) is 1. The van der Waals surface area contributed by atoms with Crippen molar-refractivity contribution >= 4 is 34.7 Å². The van der Waals surface area contributed by atoms with Crippen LogP contribution in [0.15, 0.2) is 60.8 Å². The van der Waals surface area contributed by atoms with Crippen molar-refractivity contribution in [3.8, 4) is 0 Å². The highest BCUT2D eigenvalue weighted by Gasteiger charge is 2.14. The van der Waals surface area contributed by atoms with Crippen LogP contribution in [0.3, 0.4) is 0 Å². The fourth-order valence-electron chi connectivity index (χ4n) is 2.43. The van der Waals surface area contributed by atoms with E-state index in [1.165, 1.54) is 31.3 Å². The lowest BCUT2D eigenvalue weighted by Gasteiger charge is -2.10. The number of pyridine rings is 1. The highest BCUT2D eigenvalue weighted by atomic mass is 19.1. The van der Waals surface area contributed by atoms with Crippen molar-refractivity contribution in [1.29, 1.82) is 0 Å². The van der Waals surface area contributed by atoms with Crippen LogP contribution in [0.1, 0.15) is 17.3 Å². The predicted octanol–water partition coefficient (Wildman–Crippen LogP) is 4.31. The van der Waals surface area contributed by atoms with Crippen molar-refractivity contribution in [1.82, 2.24) is 4.98 Å². The van der Waals surface area contributed by atoms with Gasteiger partial charge in [0.15, 0.2) is 0 Å². The van der Waals surface area contributed by atoms with Crippen LogP contribution in [0, 0.1) is 11.6 Å². The summed E-state index contributed by atoms with van der Waals surface area (Å²) in [6.45, 7) is 1.42. The monoisotopic (exact) mass is 382 g/mol. The molecule has 0 radical (unpaired) electrons. The third-order valence-corrected chi connectivity index (χ3v) is 3.70. The second-order valence-corrected chi connectivity index (χ2v) is 5.86. The zero-order valence-corrected chi connectivity index (χ0v) is 14.8. The van der Waals surface area contributed by atoms with E-state index in [1.807, 2.05) is 0 Å². The summed E-state index contributed by atoms with van der Waals surface area (Å²) in [4.78, 5) is 27.5. The summed E-state index contributed by atoms with van der Waals surface area (Å²) < 4.78 is 27.4. The van der Waals surface area contributed by atoms with Crippen molar-refractivity contribution < 1.29 is 18.4 Å². The maximum Gasteiger partial charge on any atom is 0.256 e. The van der Waals surface area contributed by atoms with Gasteiger partial charge in [-0.1, -0.05) is 6.07 Å². The summed E-state index contributed by atoms with van der Waals surface area (Å²) in [6, 6.07) is 13.1. The third-order valence-electron chi connectivity index (χ3n) is 3.70. The molecule has 3 aromatic rings. The van der Waals surface area contributed by atoms with E-state index >= 15 is 0 Å². The van der Waals surface area contributed by atoms with Crippen molar-refractivity contribution in [2.24, 2.45) is 0 Å². The summed E-state index contributed by atoms with van der Waals surface area (Å²) >= 11 is 0. The molecule has 0 bridgehead atoms. The summed E-state index contributed by atoms with van der Waals surface area (Å²) in [6.07, 6.45) is 1.40. The number of benzene rings is 2. The predicted molar refractivity (Wildman–Crippen MR) is 103 cm³/mol. The van der Waals surface area contributed by atoms with Crippen molar-refractivity contribution in [3.05, 3.63) is 78.0 Å². The van der Waals surface area contributed by atoms with Crippen molar-refractivity contribution in [3.63, 3.8) is 0 Å². The van der Waals surface area contributed by atoms with Gasteiger partial charge in [0.2, 0.25) is 5.91 Å². The largest absolute Gasteiger partial charge is 0.340 e. The summed E-state index contributed by atoms with van der Waals surface area (Å²) in [5.74, 6) is -2.20. The molecule has 0 atom stereocenters. The molecule has 1 aromatic heterocycles. The van der Waals surface area contributed by atoms with E-state index in [9.17, 15) is 18.4 Å². The van der Waals surface area contributed by atoms with Crippen LogP contribution in [0.5, 0.6) is 0 Å². The van der Waals surface area contributed by atoms with E-state index in [-0.39, 0.29) is 11.5 Å². The zero-order chi connectivity index (χ0) is 20.1. The fraction of sp³-hybridized carbons (Fsp3) is 0.0500. The second kappa shape index (κ2) is 8.26. The van der Waals surface area contributed by atoms with E-state index in [0.29, 0.717) is 17.2 Å². The molecular weight excluding hydrogens is 366 g/mol. The van der Waals surface area contributed by atoms with Gasteiger partial charge in [-0.15, -0.1) is 0 Å². The first-order chi connectivity index (χ1) is 13.4. The lowest BCUT2D eigenvalue weighted by atomic mass is 10.2. The van der Waals surface area contributed by atoms with Gasteiger partial charge < -0.3 is 16.0 Å². The number of halogens is 2. The van der Waals surface area contributed by atoms with Crippen molar-refractivity contribution in [2.75, 3.05) is 16.0 Å². The van der Waals surface area contributed by atoms with Crippen LogP contribution >= 0.6 is 0 Å². The third kappa shape index (κ3) is 4.67. The number of carbonyl (C=O) groups is 2. The molecule has 0 unspecified atom stereocenters. The molecule has 6 nitrogen and oxygen atoms in total. The number of anilines is 4. The maximum absolute atomic E-state index is 13.7. The van der Waals surface area contributed by atoms with Crippen LogP contribution in [0.2, 0.25) is 0 Å². The Balaban J connectivity index is 1.73. The molecule has 142 valence electrons. The summed E-state index contributed by atoms with van der Waals surface area (Å²) in [7, 11) is 0. The molecule has 0 spiro atoms. The van der Waals surface area contributed by atoms with E-state index in [4.69, 9.17) is 0 Å². The smallest absolute Gasteiger partial charge is 0.256 e. The normalized spacial score (nSPS) is 10.2. The molecule has 0 saturated carbocycles. The van der Waals surface area contributed by atoms with Gasteiger partial charge in [-0.2, -0.15) is 0 Å². The first-order valence-electron chi connectivity index (χ1n) is 8.28. The molecule has 2 amide bonds. The molecule has 2 aromatic carbocycles. The van der Waals surface area contributed by atoms with Crippen molar-refractivity contribution in [2.45, 2.75) is 6.92 Å². The van der Waals surface area contributed by atoms with Gasteiger partial charge in [-0.05, 0) is 48.5 Å². The highest BCUT2D eigenvalue weighted by Crippen LogP contribution is 2.21. The minimum absolute atomic E-state index is 0.174. The van der Waals surface area contributed by atoms with Gasteiger partial charge in [0.25, 0.3) is 5.91 Å².